The Hall–Kier alpha value is -1.29. The van der Waals surface area contributed by atoms with Gasteiger partial charge in [-0.25, -0.2) is 4.98 Å². The summed E-state index contributed by atoms with van der Waals surface area (Å²) < 4.78 is 5.26. The molecule has 1 aliphatic heterocycles. The van der Waals surface area contributed by atoms with Crippen molar-refractivity contribution in [1.82, 2.24) is 4.98 Å². The minimum Gasteiger partial charge on any atom is -0.384 e. The van der Waals surface area contributed by atoms with Crippen molar-refractivity contribution in [2.75, 3.05) is 36.9 Å². The second-order valence-corrected chi connectivity index (χ2v) is 3.04. The number of nitrogens with two attached hydrogens (primary N) is 1. The van der Waals surface area contributed by atoms with Gasteiger partial charge in [0.15, 0.2) is 0 Å². The molecule has 2 rings (SSSR count). The van der Waals surface area contributed by atoms with E-state index in [1.54, 1.807) is 6.20 Å². The van der Waals surface area contributed by atoms with Gasteiger partial charge in [-0.1, -0.05) is 13.8 Å². The van der Waals surface area contributed by atoms with Crippen molar-refractivity contribution in [2.45, 2.75) is 13.8 Å². The number of hydrogen-bond donors (Lipinski definition) is 1. The molecule has 1 aliphatic rings. The van der Waals surface area contributed by atoms with Crippen LogP contribution >= 0.6 is 0 Å². The summed E-state index contributed by atoms with van der Waals surface area (Å²) in [4.78, 5) is 6.21. The van der Waals surface area contributed by atoms with Crippen LogP contribution in [0.2, 0.25) is 0 Å². The van der Waals surface area contributed by atoms with Gasteiger partial charge in [0.1, 0.15) is 5.82 Å². The molecule has 0 saturated carbocycles. The zero-order valence-electron chi connectivity index (χ0n) is 9.44. The average molecular weight is 209 g/mol. The third-order valence-corrected chi connectivity index (χ3v) is 2.14. The fourth-order valence-corrected chi connectivity index (χ4v) is 1.45. The van der Waals surface area contributed by atoms with E-state index in [4.69, 9.17) is 10.5 Å². The van der Waals surface area contributed by atoms with Gasteiger partial charge in [-0.15, -0.1) is 0 Å². The van der Waals surface area contributed by atoms with Crippen LogP contribution in [0.25, 0.3) is 0 Å². The van der Waals surface area contributed by atoms with E-state index in [0.717, 1.165) is 32.0 Å². The quantitative estimate of drug-likeness (QED) is 0.762. The molecule has 0 aromatic carbocycles. The lowest BCUT2D eigenvalue weighted by Crippen LogP contribution is -2.36. The standard InChI is InChI=1S/C9H13N3O.C2H6/c10-9-7-8(1-2-11-9)12-3-5-13-6-4-12;1-2/h1-2,7H,3-6H2,(H2,10,11);1-2H3. The SMILES string of the molecule is CC.Nc1cc(N2CCOCC2)ccn1. The summed E-state index contributed by atoms with van der Waals surface area (Å²) in [7, 11) is 0. The van der Waals surface area contributed by atoms with Crippen LogP contribution in [0.1, 0.15) is 13.8 Å². The molecule has 0 bridgehead atoms. The lowest BCUT2D eigenvalue weighted by Gasteiger charge is -2.28. The number of aromatic nitrogens is 1. The van der Waals surface area contributed by atoms with Crippen molar-refractivity contribution in [2.24, 2.45) is 0 Å². The normalized spacial score (nSPS) is 15.5. The highest BCUT2D eigenvalue weighted by Crippen LogP contribution is 2.16. The highest BCUT2D eigenvalue weighted by atomic mass is 16.5. The van der Waals surface area contributed by atoms with E-state index in [9.17, 15) is 0 Å². The van der Waals surface area contributed by atoms with Gasteiger partial charge in [0.2, 0.25) is 0 Å². The zero-order chi connectivity index (χ0) is 11.1. The van der Waals surface area contributed by atoms with Gasteiger partial charge < -0.3 is 15.4 Å². The van der Waals surface area contributed by atoms with Crippen LogP contribution in [0.15, 0.2) is 18.3 Å². The Bertz CT molecular complexity index is 285. The first-order valence-corrected chi connectivity index (χ1v) is 5.40. The molecule has 84 valence electrons. The second-order valence-electron chi connectivity index (χ2n) is 3.04. The van der Waals surface area contributed by atoms with Crippen LogP contribution in [-0.4, -0.2) is 31.3 Å². The number of ether oxygens (including phenoxy) is 1. The monoisotopic (exact) mass is 209 g/mol. The molecule has 0 unspecified atom stereocenters. The van der Waals surface area contributed by atoms with Gasteiger partial charge in [-0.05, 0) is 6.07 Å². The predicted octanol–water partition coefficient (Wildman–Crippen LogP) is 1.53. The largest absolute Gasteiger partial charge is 0.384 e. The Morgan fingerprint density at radius 1 is 1.33 bits per heavy atom. The predicted molar refractivity (Wildman–Crippen MR) is 63.0 cm³/mol. The lowest BCUT2D eigenvalue weighted by atomic mass is 10.3. The van der Waals surface area contributed by atoms with Crippen LogP contribution in [0.4, 0.5) is 11.5 Å². The van der Waals surface area contributed by atoms with Crippen molar-refractivity contribution in [3.8, 4) is 0 Å². The Labute approximate surface area is 91.1 Å². The molecule has 1 aromatic heterocycles. The summed E-state index contributed by atoms with van der Waals surface area (Å²) in [6.07, 6.45) is 1.74. The van der Waals surface area contributed by atoms with Crippen molar-refractivity contribution < 1.29 is 4.74 Å². The maximum atomic E-state index is 5.60. The molecule has 0 amide bonds. The summed E-state index contributed by atoms with van der Waals surface area (Å²) in [5, 5.41) is 0. The van der Waals surface area contributed by atoms with Crippen LogP contribution in [-0.2, 0) is 4.74 Å². The molecule has 0 aliphatic carbocycles. The van der Waals surface area contributed by atoms with Gasteiger partial charge in [-0.2, -0.15) is 0 Å². The summed E-state index contributed by atoms with van der Waals surface area (Å²) in [5.41, 5.74) is 6.73. The maximum absolute atomic E-state index is 5.60. The molecule has 0 spiro atoms. The lowest BCUT2D eigenvalue weighted by molar-refractivity contribution is 0.122. The molecule has 4 nitrogen and oxygen atoms in total. The minimum atomic E-state index is 0.573. The van der Waals surface area contributed by atoms with Gasteiger partial charge in [-0.3, -0.25) is 0 Å². The number of morpholine rings is 1. The first-order chi connectivity index (χ1) is 7.36. The Balaban J connectivity index is 0.000000531. The number of anilines is 2. The summed E-state index contributed by atoms with van der Waals surface area (Å²) in [6, 6.07) is 3.87. The average Bonchev–Trinajstić information content (AvgIpc) is 2.33. The number of rotatable bonds is 1. The van der Waals surface area contributed by atoms with Gasteiger partial charge in [0.05, 0.1) is 13.2 Å². The van der Waals surface area contributed by atoms with E-state index in [1.165, 1.54) is 0 Å². The Morgan fingerprint density at radius 2 is 2.00 bits per heavy atom. The molecule has 15 heavy (non-hydrogen) atoms. The van der Waals surface area contributed by atoms with E-state index >= 15 is 0 Å². The van der Waals surface area contributed by atoms with E-state index in [1.807, 2.05) is 26.0 Å². The van der Waals surface area contributed by atoms with E-state index < -0.39 is 0 Å². The molecule has 0 radical (unpaired) electrons. The molecule has 1 saturated heterocycles. The fourth-order valence-electron chi connectivity index (χ4n) is 1.45. The molecular formula is C11H19N3O. The van der Waals surface area contributed by atoms with Crippen molar-refractivity contribution >= 4 is 11.5 Å². The molecule has 1 aromatic rings. The smallest absolute Gasteiger partial charge is 0.125 e. The highest BCUT2D eigenvalue weighted by Gasteiger charge is 2.10. The van der Waals surface area contributed by atoms with Crippen LogP contribution in [0, 0.1) is 0 Å². The Morgan fingerprint density at radius 3 is 2.60 bits per heavy atom. The summed E-state index contributed by atoms with van der Waals surface area (Å²) >= 11 is 0. The molecule has 0 atom stereocenters. The number of nitrogen functional groups attached to an aromatic ring is 1. The van der Waals surface area contributed by atoms with E-state index in [0.29, 0.717) is 5.82 Å². The number of hydrogen-bond acceptors (Lipinski definition) is 4. The Kier molecular flexibility index (Phi) is 4.90. The van der Waals surface area contributed by atoms with Crippen molar-refractivity contribution in [3.05, 3.63) is 18.3 Å². The van der Waals surface area contributed by atoms with Gasteiger partial charge in [0, 0.05) is 31.0 Å². The fraction of sp³-hybridized carbons (Fsp3) is 0.545. The molecule has 4 heteroatoms. The minimum absolute atomic E-state index is 0.573. The third-order valence-electron chi connectivity index (χ3n) is 2.14. The van der Waals surface area contributed by atoms with Crippen LogP contribution in [0.5, 0.6) is 0 Å². The van der Waals surface area contributed by atoms with E-state index in [-0.39, 0.29) is 0 Å². The van der Waals surface area contributed by atoms with Crippen molar-refractivity contribution in [1.29, 1.82) is 0 Å². The topological polar surface area (TPSA) is 51.4 Å². The highest BCUT2D eigenvalue weighted by molar-refractivity contribution is 5.52. The number of nitrogens with zero attached hydrogens (tertiary/aromatic N) is 2. The van der Waals surface area contributed by atoms with Crippen LogP contribution < -0.4 is 10.6 Å². The van der Waals surface area contributed by atoms with Crippen LogP contribution in [0.3, 0.4) is 0 Å². The van der Waals surface area contributed by atoms with Gasteiger partial charge in [0.25, 0.3) is 0 Å². The molecular weight excluding hydrogens is 190 g/mol. The maximum Gasteiger partial charge on any atom is 0.125 e. The van der Waals surface area contributed by atoms with Crippen molar-refractivity contribution in [3.63, 3.8) is 0 Å². The first-order valence-electron chi connectivity index (χ1n) is 5.40. The van der Waals surface area contributed by atoms with Gasteiger partial charge >= 0.3 is 0 Å². The first kappa shape index (κ1) is 11.8. The molecule has 2 heterocycles. The third kappa shape index (κ3) is 3.40. The van der Waals surface area contributed by atoms with E-state index in [2.05, 4.69) is 9.88 Å². The summed E-state index contributed by atoms with van der Waals surface area (Å²) in [5.74, 6) is 0.573. The molecule has 2 N–H and O–H groups in total. The zero-order valence-corrected chi connectivity index (χ0v) is 9.44. The summed E-state index contributed by atoms with van der Waals surface area (Å²) in [6.45, 7) is 7.46. The second kappa shape index (κ2) is 6.24. The molecule has 1 fully saturated rings. The number of pyridine rings is 1.